The molecule has 0 rings (SSSR count). The zero-order valence-electron chi connectivity index (χ0n) is 3.70. The minimum absolute atomic E-state index is 1.09. The second-order valence-corrected chi connectivity index (χ2v) is 2.08. The van der Waals surface area contributed by atoms with Crippen LogP contribution in [0.3, 0.4) is 0 Å². The van der Waals surface area contributed by atoms with E-state index in [1.807, 2.05) is 0 Å². The van der Waals surface area contributed by atoms with Crippen LogP contribution in [0.5, 0.6) is 0 Å². The molecule has 6 heteroatoms. The van der Waals surface area contributed by atoms with Crippen molar-refractivity contribution < 1.29 is 19.0 Å². The second-order valence-electron chi connectivity index (χ2n) is 0.805. The number of nitrogens with two attached hydrogens (primary N) is 1. The highest BCUT2D eigenvalue weighted by Crippen LogP contribution is 2.30. The standard InChI is InChI=1S/CH6NO4P/c1-5-6-7(2,3)4/h1H3,(H3,2,3,4). The van der Waals surface area contributed by atoms with Gasteiger partial charge in [-0.15, -0.1) is 4.67 Å². The number of hydrogen-bond acceptors (Lipinski definition) is 3. The summed E-state index contributed by atoms with van der Waals surface area (Å²) < 4.78 is 13.4. The van der Waals surface area contributed by atoms with Gasteiger partial charge >= 0.3 is 7.75 Å². The van der Waals surface area contributed by atoms with Crippen LogP contribution in [0.1, 0.15) is 0 Å². The Morgan fingerprint density at radius 3 is 2.29 bits per heavy atom. The van der Waals surface area contributed by atoms with Crippen molar-refractivity contribution in [2.24, 2.45) is 5.50 Å². The van der Waals surface area contributed by atoms with Gasteiger partial charge in [0.05, 0.1) is 7.11 Å². The molecule has 0 radical (unpaired) electrons. The van der Waals surface area contributed by atoms with E-state index in [-0.39, 0.29) is 0 Å². The maximum atomic E-state index is 9.80. The van der Waals surface area contributed by atoms with E-state index in [0.29, 0.717) is 0 Å². The summed E-state index contributed by atoms with van der Waals surface area (Å²) in [5.74, 6) is 0. The van der Waals surface area contributed by atoms with E-state index in [0.717, 1.165) is 7.11 Å². The van der Waals surface area contributed by atoms with Crippen molar-refractivity contribution in [1.82, 2.24) is 0 Å². The monoisotopic (exact) mass is 127 g/mol. The van der Waals surface area contributed by atoms with Gasteiger partial charge in [0.25, 0.3) is 0 Å². The van der Waals surface area contributed by atoms with Crippen molar-refractivity contribution in [2.75, 3.05) is 7.11 Å². The zero-order valence-corrected chi connectivity index (χ0v) is 4.59. The van der Waals surface area contributed by atoms with Crippen molar-refractivity contribution in [3.63, 3.8) is 0 Å². The van der Waals surface area contributed by atoms with E-state index >= 15 is 0 Å². The molecule has 3 N–H and O–H groups in total. The van der Waals surface area contributed by atoms with E-state index in [1.54, 1.807) is 0 Å². The predicted octanol–water partition coefficient (Wildman–Crippen LogP) is -0.377. The summed E-state index contributed by atoms with van der Waals surface area (Å²) in [4.78, 5) is 11.8. The van der Waals surface area contributed by atoms with E-state index in [4.69, 9.17) is 4.89 Å². The van der Waals surface area contributed by atoms with Gasteiger partial charge in [-0.1, -0.05) is 0 Å². The fraction of sp³-hybridized carbons (Fsp3) is 1.00. The fourth-order valence-corrected chi connectivity index (χ4v) is 0.320. The van der Waals surface area contributed by atoms with Gasteiger partial charge in [0.2, 0.25) is 0 Å². The smallest absolute Gasteiger partial charge is 0.311 e. The quantitative estimate of drug-likeness (QED) is 0.300. The Hall–Kier alpha value is 0.0700. The first-order valence-corrected chi connectivity index (χ1v) is 3.04. The van der Waals surface area contributed by atoms with Gasteiger partial charge in [0, 0.05) is 0 Å². The van der Waals surface area contributed by atoms with Crippen molar-refractivity contribution in [3.05, 3.63) is 0 Å². The highest BCUT2D eigenvalue weighted by molar-refractivity contribution is 7.49. The largest absolute Gasteiger partial charge is 0.427 e. The molecule has 0 aromatic rings. The lowest BCUT2D eigenvalue weighted by molar-refractivity contribution is -0.185. The molecule has 0 aromatic carbocycles. The first kappa shape index (κ1) is 7.07. The van der Waals surface area contributed by atoms with Crippen molar-refractivity contribution in [1.29, 1.82) is 0 Å². The predicted molar refractivity (Wildman–Crippen MR) is 22.1 cm³/mol. The summed E-state index contributed by atoms with van der Waals surface area (Å²) in [5, 5.41) is 0. The summed E-state index contributed by atoms with van der Waals surface area (Å²) in [6.07, 6.45) is 0. The normalized spacial score (nSPS) is 18.7. The molecule has 0 aliphatic heterocycles. The first-order chi connectivity index (χ1) is 3.06. The summed E-state index contributed by atoms with van der Waals surface area (Å²) in [7, 11) is -2.79. The van der Waals surface area contributed by atoms with Gasteiger partial charge in [0.1, 0.15) is 0 Å². The maximum absolute atomic E-state index is 9.80. The molecule has 0 aliphatic carbocycles. The van der Waals surface area contributed by atoms with Crippen LogP contribution in [0.4, 0.5) is 0 Å². The third-order valence-corrected chi connectivity index (χ3v) is 0.544. The molecule has 0 fully saturated rings. The molecule has 1 unspecified atom stereocenters. The van der Waals surface area contributed by atoms with Gasteiger partial charge < -0.3 is 4.89 Å². The maximum Gasteiger partial charge on any atom is 0.427 e. The Morgan fingerprint density at radius 2 is 2.29 bits per heavy atom. The van der Waals surface area contributed by atoms with Crippen LogP contribution < -0.4 is 5.50 Å². The Balaban J connectivity index is 3.36. The summed E-state index contributed by atoms with van der Waals surface area (Å²) in [6, 6.07) is 0. The van der Waals surface area contributed by atoms with Gasteiger partial charge in [-0.2, -0.15) is 0 Å². The van der Waals surface area contributed by atoms with E-state index in [1.165, 1.54) is 0 Å². The summed E-state index contributed by atoms with van der Waals surface area (Å²) in [6.45, 7) is 0. The van der Waals surface area contributed by atoms with Gasteiger partial charge in [-0.05, 0) is 0 Å². The lowest BCUT2D eigenvalue weighted by Crippen LogP contribution is -1.96. The van der Waals surface area contributed by atoms with Crippen LogP contribution in [-0.2, 0) is 14.1 Å². The molecule has 0 aromatic heterocycles. The van der Waals surface area contributed by atoms with Crippen molar-refractivity contribution >= 4 is 7.75 Å². The topological polar surface area (TPSA) is 81.8 Å². The second kappa shape index (κ2) is 2.40. The lowest BCUT2D eigenvalue weighted by atomic mass is 11.8. The molecule has 0 bridgehead atoms. The van der Waals surface area contributed by atoms with Crippen molar-refractivity contribution in [3.8, 4) is 0 Å². The molecule has 44 valence electrons. The van der Waals surface area contributed by atoms with Gasteiger partial charge in [-0.25, -0.2) is 15.0 Å². The lowest BCUT2D eigenvalue weighted by Gasteiger charge is -1.98. The van der Waals surface area contributed by atoms with E-state index in [9.17, 15) is 4.57 Å². The van der Waals surface area contributed by atoms with Gasteiger partial charge in [-0.3, -0.25) is 0 Å². The average molecular weight is 127 g/mol. The third-order valence-electron chi connectivity index (χ3n) is 0.181. The van der Waals surface area contributed by atoms with Crippen LogP contribution in [0.15, 0.2) is 0 Å². The SMILES string of the molecule is COOP(N)(=O)O. The molecule has 7 heavy (non-hydrogen) atoms. The minimum Gasteiger partial charge on any atom is -0.311 e. The first-order valence-electron chi connectivity index (χ1n) is 1.40. The van der Waals surface area contributed by atoms with Gasteiger partial charge in [0.15, 0.2) is 0 Å². The number of rotatable bonds is 2. The Labute approximate surface area is 40.5 Å². The third kappa shape index (κ3) is 6.07. The summed E-state index contributed by atoms with van der Waals surface area (Å²) >= 11 is 0. The highest BCUT2D eigenvalue weighted by Gasteiger charge is 2.09. The molecule has 0 heterocycles. The molecule has 0 aliphatic rings. The van der Waals surface area contributed by atoms with Crippen molar-refractivity contribution in [2.45, 2.75) is 0 Å². The molecule has 0 saturated carbocycles. The molecule has 0 amide bonds. The van der Waals surface area contributed by atoms with Crippen LogP contribution in [-0.4, -0.2) is 12.0 Å². The molecule has 5 nitrogen and oxygen atoms in total. The summed E-state index contributed by atoms with van der Waals surface area (Å²) in [5.41, 5.74) is 4.41. The van der Waals surface area contributed by atoms with E-state index in [2.05, 4.69) is 15.1 Å². The van der Waals surface area contributed by atoms with E-state index < -0.39 is 7.75 Å². The van der Waals surface area contributed by atoms with Crippen LogP contribution in [0, 0.1) is 0 Å². The minimum atomic E-state index is -3.89. The highest BCUT2D eigenvalue weighted by atomic mass is 31.2. The molecular weight excluding hydrogens is 121 g/mol. The Bertz CT molecular complexity index is 85.7. The zero-order chi connectivity index (χ0) is 5.91. The Kier molecular flexibility index (Phi) is 2.42. The Morgan fingerprint density at radius 1 is 1.86 bits per heavy atom. The van der Waals surface area contributed by atoms with Crippen LogP contribution in [0.2, 0.25) is 0 Å². The molecular formula is CH6NO4P. The fourth-order valence-electron chi connectivity index (χ4n) is 0.107. The number of hydrogen-bond donors (Lipinski definition) is 2. The molecule has 1 atom stereocenters. The molecule has 0 saturated heterocycles. The average Bonchev–Trinajstić information content (AvgIpc) is 1.30. The van der Waals surface area contributed by atoms with Crippen LogP contribution >= 0.6 is 7.75 Å². The molecule has 0 spiro atoms. The van der Waals surface area contributed by atoms with Crippen LogP contribution in [0.25, 0.3) is 0 Å².